The Balaban J connectivity index is 0.938. The van der Waals surface area contributed by atoms with Crippen molar-refractivity contribution in [3.05, 3.63) is 53.8 Å². The minimum atomic E-state index is -0.489. The van der Waals surface area contributed by atoms with Gasteiger partial charge in [0.25, 0.3) is 5.91 Å². The summed E-state index contributed by atoms with van der Waals surface area (Å²) in [5.74, 6) is 0.628. The highest BCUT2D eigenvalue weighted by Crippen LogP contribution is 2.31. The highest BCUT2D eigenvalue weighted by Gasteiger charge is 2.34. The molecule has 4 fully saturated rings. The molecule has 1 atom stereocenters. The van der Waals surface area contributed by atoms with Crippen LogP contribution >= 0.6 is 12.2 Å². The Morgan fingerprint density at radius 3 is 2.43 bits per heavy atom. The maximum atomic E-state index is 15.2. The van der Waals surface area contributed by atoms with E-state index in [2.05, 4.69) is 34.3 Å². The van der Waals surface area contributed by atoms with Crippen LogP contribution in [0, 0.1) is 11.7 Å². The second-order valence-corrected chi connectivity index (χ2v) is 12.6. The van der Waals surface area contributed by atoms with Gasteiger partial charge in [0.1, 0.15) is 17.7 Å². The number of amides is 2. The molecule has 2 aromatic carbocycles. The van der Waals surface area contributed by atoms with E-state index in [1.54, 1.807) is 17.0 Å². The van der Waals surface area contributed by atoms with Gasteiger partial charge in [-0.2, -0.15) is 0 Å². The summed E-state index contributed by atoms with van der Waals surface area (Å²) in [6.45, 7) is 7.94. The lowest BCUT2D eigenvalue weighted by Crippen LogP contribution is -2.50. The first-order valence-electron chi connectivity index (χ1n) is 15.5. The quantitative estimate of drug-likeness (QED) is 0.402. The molecule has 0 aromatic heterocycles. The van der Waals surface area contributed by atoms with Gasteiger partial charge in [-0.1, -0.05) is 24.4 Å². The lowest BCUT2D eigenvalue weighted by molar-refractivity contribution is -0.133. The number of nitrogens with one attached hydrogen (secondary N) is 1. The van der Waals surface area contributed by atoms with Crippen molar-refractivity contribution in [3.8, 4) is 5.75 Å². The SMILES string of the molecule is CN1CCN(Cc2ccc(OCC(=O)N3CCN(c4ccc(N5CC(CNC(=S)C6CC6)OC5=O)cc4F)CC3)cc2)CC1. The lowest BCUT2D eigenvalue weighted by atomic mass is 10.2. The highest BCUT2D eigenvalue weighted by atomic mass is 32.1. The van der Waals surface area contributed by atoms with Crippen molar-refractivity contribution in [2.24, 2.45) is 5.92 Å². The average molecular weight is 625 g/mol. The maximum Gasteiger partial charge on any atom is 0.414 e. The molecule has 12 heteroatoms. The number of thiocarbonyl (C=S) groups is 1. The largest absolute Gasteiger partial charge is 0.484 e. The minimum Gasteiger partial charge on any atom is -0.484 e. The molecule has 1 saturated carbocycles. The number of cyclic esters (lactones) is 1. The Morgan fingerprint density at radius 2 is 1.75 bits per heavy atom. The first-order chi connectivity index (χ1) is 21.3. The summed E-state index contributed by atoms with van der Waals surface area (Å²) in [6, 6.07) is 12.8. The van der Waals surface area contributed by atoms with E-state index in [0.29, 0.717) is 62.3 Å². The number of carbonyl (C=O) groups is 2. The lowest BCUT2D eigenvalue weighted by Gasteiger charge is -2.36. The van der Waals surface area contributed by atoms with Crippen molar-refractivity contribution in [2.45, 2.75) is 25.5 Å². The van der Waals surface area contributed by atoms with Crippen molar-refractivity contribution in [2.75, 3.05) is 88.9 Å². The number of piperazine rings is 2. The zero-order valence-electron chi connectivity index (χ0n) is 25.3. The molecule has 3 saturated heterocycles. The Bertz CT molecular complexity index is 1340. The molecule has 3 heterocycles. The van der Waals surface area contributed by atoms with E-state index in [1.807, 2.05) is 17.0 Å². The molecule has 1 aliphatic carbocycles. The molecule has 0 spiro atoms. The summed E-state index contributed by atoms with van der Waals surface area (Å²) in [7, 11) is 2.15. The average Bonchev–Trinajstić information content (AvgIpc) is 3.82. The van der Waals surface area contributed by atoms with Gasteiger partial charge >= 0.3 is 6.09 Å². The summed E-state index contributed by atoms with van der Waals surface area (Å²) in [4.78, 5) is 36.1. The molecule has 2 aromatic rings. The first kappa shape index (κ1) is 30.5. The monoisotopic (exact) mass is 624 g/mol. The van der Waals surface area contributed by atoms with E-state index in [0.717, 1.165) is 50.6 Å². The van der Waals surface area contributed by atoms with Crippen molar-refractivity contribution in [1.29, 1.82) is 0 Å². The molecule has 6 rings (SSSR count). The van der Waals surface area contributed by atoms with Gasteiger partial charge in [0, 0.05) is 64.8 Å². The summed E-state index contributed by atoms with van der Waals surface area (Å²) in [5, 5.41) is 3.19. The Hall–Kier alpha value is -3.48. The summed E-state index contributed by atoms with van der Waals surface area (Å²) in [6.07, 6.45) is 1.39. The fraction of sp³-hybridized carbons (Fsp3) is 0.531. The van der Waals surface area contributed by atoms with Crippen LogP contribution < -0.4 is 19.9 Å². The van der Waals surface area contributed by atoms with Crippen LogP contribution in [0.3, 0.4) is 0 Å². The second-order valence-electron chi connectivity index (χ2n) is 12.2. The van der Waals surface area contributed by atoms with Gasteiger partial charge in [0.05, 0.1) is 29.5 Å². The fourth-order valence-corrected chi connectivity index (χ4v) is 6.17. The first-order valence-corrected chi connectivity index (χ1v) is 15.9. The third-order valence-electron chi connectivity index (χ3n) is 8.83. The van der Waals surface area contributed by atoms with Crippen LogP contribution in [-0.2, 0) is 16.1 Å². The molecule has 10 nitrogen and oxygen atoms in total. The Labute approximate surface area is 263 Å². The summed E-state index contributed by atoms with van der Waals surface area (Å²) >= 11 is 5.35. The molecule has 3 aliphatic heterocycles. The number of benzene rings is 2. The van der Waals surface area contributed by atoms with Crippen LogP contribution in [-0.4, -0.2) is 117 Å². The van der Waals surface area contributed by atoms with Gasteiger partial charge in [-0.25, -0.2) is 9.18 Å². The number of anilines is 2. The van der Waals surface area contributed by atoms with Gasteiger partial charge in [-0.05, 0) is 55.8 Å². The molecule has 1 N–H and O–H groups in total. The standard InChI is InChI=1S/C32H41FN6O4S/c1-35-10-12-36(13-11-35)20-23-2-7-26(8-3-23)42-22-30(40)38-16-14-37(15-17-38)29-9-6-25(18-28(29)33)39-21-27(43-32(39)41)19-34-31(44)24-4-5-24/h2-3,6-9,18,24,27H,4-5,10-17,19-22H2,1H3,(H,34,44). The zero-order chi connectivity index (χ0) is 30.6. The molecule has 236 valence electrons. The molecular weight excluding hydrogens is 583 g/mol. The molecule has 4 aliphatic rings. The number of carbonyl (C=O) groups excluding carboxylic acids is 2. The molecule has 0 bridgehead atoms. The second kappa shape index (κ2) is 13.7. The predicted molar refractivity (Wildman–Crippen MR) is 171 cm³/mol. The molecule has 2 amide bonds. The number of hydrogen-bond acceptors (Lipinski definition) is 8. The normalized spacial score (nSPS) is 21.4. The number of likely N-dealkylation sites (N-methyl/N-ethyl adjacent to an activating group) is 1. The van der Waals surface area contributed by atoms with Crippen LogP contribution in [0.5, 0.6) is 5.75 Å². The minimum absolute atomic E-state index is 0.0321. The van der Waals surface area contributed by atoms with Gasteiger partial charge in [0.15, 0.2) is 6.61 Å². The Morgan fingerprint density at radius 1 is 1.02 bits per heavy atom. The van der Waals surface area contributed by atoms with E-state index in [-0.39, 0.29) is 18.6 Å². The van der Waals surface area contributed by atoms with Crippen LogP contribution in [0.15, 0.2) is 42.5 Å². The fourth-order valence-electron chi connectivity index (χ4n) is 5.85. The highest BCUT2D eigenvalue weighted by molar-refractivity contribution is 7.80. The van der Waals surface area contributed by atoms with Crippen molar-refractivity contribution in [1.82, 2.24) is 20.0 Å². The number of rotatable bonds is 10. The van der Waals surface area contributed by atoms with Crippen LogP contribution in [0.2, 0.25) is 0 Å². The van der Waals surface area contributed by atoms with Crippen molar-refractivity contribution < 1.29 is 23.5 Å². The topological polar surface area (TPSA) is 80.8 Å². The molecule has 0 radical (unpaired) electrons. The maximum absolute atomic E-state index is 15.2. The van der Waals surface area contributed by atoms with E-state index in [1.165, 1.54) is 16.5 Å². The number of ether oxygens (including phenoxy) is 2. The van der Waals surface area contributed by atoms with Gasteiger partial charge in [0.2, 0.25) is 0 Å². The zero-order valence-corrected chi connectivity index (χ0v) is 26.1. The van der Waals surface area contributed by atoms with Gasteiger partial charge in [-0.3, -0.25) is 14.6 Å². The van der Waals surface area contributed by atoms with E-state index >= 15 is 4.39 Å². The van der Waals surface area contributed by atoms with Crippen LogP contribution in [0.1, 0.15) is 18.4 Å². The molecule has 44 heavy (non-hydrogen) atoms. The predicted octanol–water partition coefficient (Wildman–Crippen LogP) is 2.95. The van der Waals surface area contributed by atoms with E-state index in [9.17, 15) is 9.59 Å². The third-order valence-corrected chi connectivity index (χ3v) is 9.31. The van der Waals surface area contributed by atoms with Gasteiger partial charge in [-0.15, -0.1) is 0 Å². The molecular formula is C32H41FN6O4S. The van der Waals surface area contributed by atoms with Gasteiger partial charge < -0.3 is 29.5 Å². The Kier molecular flexibility index (Phi) is 9.48. The summed E-state index contributed by atoms with van der Waals surface area (Å²) < 4.78 is 26.5. The smallest absolute Gasteiger partial charge is 0.414 e. The number of hydrogen-bond donors (Lipinski definition) is 1. The van der Waals surface area contributed by atoms with Crippen LogP contribution in [0.25, 0.3) is 0 Å². The van der Waals surface area contributed by atoms with E-state index in [4.69, 9.17) is 21.7 Å². The van der Waals surface area contributed by atoms with E-state index < -0.39 is 11.9 Å². The summed E-state index contributed by atoms with van der Waals surface area (Å²) in [5.41, 5.74) is 2.15. The molecule has 1 unspecified atom stereocenters. The number of nitrogens with zero attached hydrogens (tertiary/aromatic N) is 5. The van der Waals surface area contributed by atoms with Crippen molar-refractivity contribution in [3.63, 3.8) is 0 Å². The van der Waals surface area contributed by atoms with Crippen LogP contribution in [0.4, 0.5) is 20.6 Å². The third kappa shape index (κ3) is 7.59. The van der Waals surface area contributed by atoms with Crippen molar-refractivity contribution >= 4 is 40.6 Å². The number of halogens is 1.